The van der Waals surface area contributed by atoms with E-state index in [9.17, 15) is 0 Å². The lowest BCUT2D eigenvalue weighted by atomic mass is 10.2. The van der Waals surface area contributed by atoms with Crippen LogP contribution < -0.4 is 4.90 Å². The topological polar surface area (TPSA) is 101 Å². The molecule has 0 aliphatic carbocycles. The molecule has 0 saturated heterocycles. The minimum Gasteiger partial charge on any atom is -0.369 e. The summed E-state index contributed by atoms with van der Waals surface area (Å²) in [5.41, 5.74) is 2.65. The molecule has 0 N–H and O–H groups in total. The van der Waals surface area contributed by atoms with Crippen molar-refractivity contribution in [2.24, 2.45) is 10.2 Å². The Bertz CT molecular complexity index is 980. The van der Waals surface area contributed by atoms with E-state index in [1.54, 1.807) is 0 Å². The van der Waals surface area contributed by atoms with E-state index in [2.05, 4.69) is 32.6 Å². The quantitative estimate of drug-likeness (QED) is 0.491. The van der Waals surface area contributed by atoms with Crippen LogP contribution in [0.25, 0.3) is 10.6 Å². The first-order chi connectivity index (χ1) is 13.8. The van der Waals surface area contributed by atoms with Crippen LogP contribution in [0, 0.1) is 22.7 Å². The number of anilines is 1. The van der Waals surface area contributed by atoms with Gasteiger partial charge in [-0.05, 0) is 24.3 Å². The van der Waals surface area contributed by atoms with Crippen LogP contribution in [0.4, 0.5) is 16.5 Å². The zero-order valence-corrected chi connectivity index (χ0v) is 15.9. The molecule has 0 saturated carbocycles. The standard InChI is InChI=1S/C20H17N7S/c21-12-4-14-27(15-5-13-22)18-10-8-17(9-11-18)23-25-20-26-24-19(28-20)16-6-2-1-3-7-16/h1-3,6-11H,4-5,14-15H2. The molecule has 0 fully saturated rings. The SMILES string of the molecule is N#CCCN(CCC#N)c1ccc(N=Nc2nnc(-c3ccccc3)s2)cc1. The summed E-state index contributed by atoms with van der Waals surface area (Å²) in [6.45, 7) is 1.18. The number of aromatic nitrogens is 2. The predicted octanol–water partition coefficient (Wildman–Crippen LogP) is 5.25. The van der Waals surface area contributed by atoms with Gasteiger partial charge in [0.05, 0.1) is 30.7 Å². The summed E-state index contributed by atoms with van der Waals surface area (Å²) < 4.78 is 0. The van der Waals surface area contributed by atoms with E-state index in [1.165, 1.54) is 11.3 Å². The van der Waals surface area contributed by atoms with Crippen LogP contribution in [0.1, 0.15) is 12.8 Å². The normalized spacial score (nSPS) is 10.5. The van der Waals surface area contributed by atoms with Gasteiger partial charge in [-0.2, -0.15) is 10.5 Å². The highest BCUT2D eigenvalue weighted by Crippen LogP contribution is 2.29. The largest absolute Gasteiger partial charge is 0.369 e. The molecule has 1 aromatic heterocycles. The smallest absolute Gasteiger partial charge is 0.252 e. The molecule has 7 nitrogen and oxygen atoms in total. The maximum Gasteiger partial charge on any atom is 0.252 e. The molecule has 138 valence electrons. The number of benzene rings is 2. The molecular formula is C20H17N7S. The van der Waals surface area contributed by atoms with Gasteiger partial charge in [0.2, 0.25) is 0 Å². The first kappa shape index (κ1) is 19.2. The van der Waals surface area contributed by atoms with E-state index < -0.39 is 0 Å². The van der Waals surface area contributed by atoms with Gasteiger partial charge in [0, 0.05) is 24.3 Å². The van der Waals surface area contributed by atoms with Gasteiger partial charge in [-0.15, -0.1) is 20.4 Å². The van der Waals surface area contributed by atoms with Crippen LogP contribution >= 0.6 is 11.3 Å². The average molecular weight is 387 g/mol. The molecule has 0 bridgehead atoms. The minimum absolute atomic E-state index is 0.410. The number of rotatable bonds is 8. The Hall–Kier alpha value is -3.62. The number of hydrogen-bond donors (Lipinski definition) is 0. The lowest BCUT2D eigenvalue weighted by molar-refractivity contribution is 0.796. The summed E-state index contributed by atoms with van der Waals surface area (Å²) in [7, 11) is 0. The first-order valence-corrected chi connectivity index (χ1v) is 9.51. The summed E-state index contributed by atoms with van der Waals surface area (Å²) in [4.78, 5) is 2.02. The van der Waals surface area contributed by atoms with Crippen LogP contribution in [0.2, 0.25) is 0 Å². The molecule has 0 spiro atoms. The molecule has 0 amide bonds. The Morgan fingerprint density at radius 3 is 2.18 bits per heavy atom. The van der Waals surface area contributed by atoms with Gasteiger partial charge in [0.15, 0.2) is 0 Å². The first-order valence-electron chi connectivity index (χ1n) is 8.70. The second-order valence-corrected chi connectivity index (χ2v) is 6.73. The van der Waals surface area contributed by atoms with Crippen LogP contribution in [0.5, 0.6) is 0 Å². The minimum atomic E-state index is 0.410. The van der Waals surface area contributed by atoms with Gasteiger partial charge in [-0.25, -0.2) is 0 Å². The summed E-state index contributed by atoms with van der Waals surface area (Å²) in [6.07, 6.45) is 0.821. The highest BCUT2D eigenvalue weighted by atomic mass is 32.1. The molecule has 28 heavy (non-hydrogen) atoms. The second-order valence-electron chi connectivity index (χ2n) is 5.78. The highest BCUT2D eigenvalue weighted by Gasteiger charge is 2.07. The van der Waals surface area contributed by atoms with Gasteiger partial charge in [-0.1, -0.05) is 41.7 Å². The fourth-order valence-electron chi connectivity index (χ4n) is 2.52. The Kier molecular flexibility index (Phi) is 6.78. The van der Waals surface area contributed by atoms with Crippen molar-refractivity contribution in [2.75, 3.05) is 18.0 Å². The van der Waals surface area contributed by atoms with E-state index >= 15 is 0 Å². The van der Waals surface area contributed by atoms with Crippen molar-refractivity contribution in [3.8, 4) is 22.7 Å². The molecule has 0 unspecified atom stereocenters. The van der Waals surface area contributed by atoms with E-state index in [1.807, 2.05) is 59.5 Å². The maximum absolute atomic E-state index is 8.81. The molecule has 1 heterocycles. The lowest BCUT2D eigenvalue weighted by Gasteiger charge is -2.22. The summed E-state index contributed by atoms with van der Waals surface area (Å²) in [6, 6.07) is 21.6. The Labute approximate surface area is 167 Å². The molecule has 0 aliphatic heterocycles. The predicted molar refractivity (Wildman–Crippen MR) is 109 cm³/mol. The maximum atomic E-state index is 8.81. The van der Waals surface area contributed by atoms with Crippen molar-refractivity contribution in [2.45, 2.75) is 12.8 Å². The lowest BCUT2D eigenvalue weighted by Crippen LogP contribution is -2.25. The van der Waals surface area contributed by atoms with Gasteiger partial charge in [0.1, 0.15) is 5.01 Å². The highest BCUT2D eigenvalue weighted by molar-refractivity contribution is 7.18. The van der Waals surface area contributed by atoms with Gasteiger partial charge in [-0.3, -0.25) is 0 Å². The monoisotopic (exact) mass is 387 g/mol. The molecule has 8 heteroatoms. The summed E-state index contributed by atoms with van der Waals surface area (Å²) in [5.74, 6) is 0. The second kappa shape index (κ2) is 9.91. The average Bonchev–Trinajstić information content (AvgIpc) is 3.23. The number of nitrogens with zero attached hydrogens (tertiary/aromatic N) is 7. The zero-order valence-electron chi connectivity index (χ0n) is 15.1. The van der Waals surface area contributed by atoms with E-state index in [4.69, 9.17) is 10.5 Å². The Morgan fingerprint density at radius 1 is 0.857 bits per heavy atom. The Morgan fingerprint density at radius 2 is 1.54 bits per heavy atom. The fourth-order valence-corrected chi connectivity index (χ4v) is 3.20. The third kappa shape index (κ3) is 5.19. The zero-order chi connectivity index (χ0) is 19.6. The molecule has 3 aromatic rings. The van der Waals surface area contributed by atoms with Crippen molar-refractivity contribution in [3.05, 3.63) is 54.6 Å². The van der Waals surface area contributed by atoms with Crippen molar-refractivity contribution in [1.82, 2.24) is 10.2 Å². The van der Waals surface area contributed by atoms with Gasteiger partial charge >= 0.3 is 0 Å². The third-order valence-electron chi connectivity index (χ3n) is 3.89. The molecule has 0 aliphatic rings. The molecule has 2 aromatic carbocycles. The van der Waals surface area contributed by atoms with Crippen molar-refractivity contribution < 1.29 is 0 Å². The van der Waals surface area contributed by atoms with Crippen LogP contribution in [-0.2, 0) is 0 Å². The van der Waals surface area contributed by atoms with Crippen molar-refractivity contribution >= 4 is 27.8 Å². The van der Waals surface area contributed by atoms with Crippen molar-refractivity contribution in [3.63, 3.8) is 0 Å². The number of nitriles is 2. The molecular weight excluding hydrogens is 370 g/mol. The van der Waals surface area contributed by atoms with E-state index in [0.29, 0.717) is 36.8 Å². The van der Waals surface area contributed by atoms with Gasteiger partial charge in [0.25, 0.3) is 5.13 Å². The molecule has 0 atom stereocenters. The molecule has 0 radical (unpaired) electrons. The van der Waals surface area contributed by atoms with Gasteiger partial charge < -0.3 is 4.90 Å². The third-order valence-corrected chi connectivity index (χ3v) is 4.74. The van der Waals surface area contributed by atoms with E-state index in [0.717, 1.165) is 16.3 Å². The van der Waals surface area contributed by atoms with Crippen LogP contribution in [0.3, 0.4) is 0 Å². The van der Waals surface area contributed by atoms with E-state index in [-0.39, 0.29) is 0 Å². The van der Waals surface area contributed by atoms with Crippen LogP contribution in [0.15, 0.2) is 64.8 Å². The number of azo groups is 1. The van der Waals surface area contributed by atoms with Crippen molar-refractivity contribution in [1.29, 1.82) is 10.5 Å². The molecule has 3 rings (SSSR count). The summed E-state index contributed by atoms with van der Waals surface area (Å²) >= 11 is 1.38. The fraction of sp³-hybridized carbons (Fsp3) is 0.200. The Balaban J connectivity index is 1.67. The number of hydrogen-bond acceptors (Lipinski definition) is 8. The van der Waals surface area contributed by atoms with Crippen LogP contribution in [-0.4, -0.2) is 23.3 Å². The summed E-state index contributed by atoms with van der Waals surface area (Å²) in [5, 5.41) is 35.5.